The maximum absolute atomic E-state index is 5.74. The molecule has 116 valence electrons. The van der Waals surface area contributed by atoms with Gasteiger partial charge in [0.05, 0.1) is 6.61 Å². The van der Waals surface area contributed by atoms with E-state index in [1.807, 2.05) is 0 Å². The first kappa shape index (κ1) is 18.9. The Bertz CT molecular complexity index is 201. The zero-order valence-electron chi connectivity index (χ0n) is 13.9. The van der Waals surface area contributed by atoms with Crippen molar-refractivity contribution in [2.24, 2.45) is 17.1 Å². The molecule has 19 heavy (non-hydrogen) atoms. The number of ether oxygens (including phenoxy) is 1. The molecule has 0 aromatic rings. The Morgan fingerprint density at radius 3 is 2.26 bits per heavy atom. The number of hydrogen-bond acceptors (Lipinski definition) is 3. The van der Waals surface area contributed by atoms with Crippen molar-refractivity contribution in [3.63, 3.8) is 0 Å². The number of rotatable bonds is 11. The van der Waals surface area contributed by atoms with Gasteiger partial charge in [0.2, 0.25) is 0 Å². The Labute approximate surface area is 120 Å². The van der Waals surface area contributed by atoms with Crippen LogP contribution in [0.2, 0.25) is 0 Å². The Morgan fingerprint density at radius 2 is 1.79 bits per heavy atom. The average Bonchev–Trinajstić information content (AvgIpc) is 2.34. The van der Waals surface area contributed by atoms with Crippen LogP contribution in [0.5, 0.6) is 0 Å². The van der Waals surface area contributed by atoms with E-state index in [2.05, 4.69) is 39.5 Å². The average molecular weight is 272 g/mol. The van der Waals surface area contributed by atoms with Gasteiger partial charge in [0.15, 0.2) is 0 Å². The predicted molar refractivity (Wildman–Crippen MR) is 84.5 cm³/mol. The van der Waals surface area contributed by atoms with Gasteiger partial charge in [-0.25, -0.2) is 0 Å². The van der Waals surface area contributed by atoms with Crippen LogP contribution < -0.4 is 5.73 Å². The Kier molecular flexibility index (Phi) is 10.6. The molecule has 1 unspecified atom stereocenters. The Balaban J connectivity index is 3.94. The molecule has 0 amide bonds. The highest BCUT2D eigenvalue weighted by molar-refractivity contribution is 4.75. The summed E-state index contributed by atoms with van der Waals surface area (Å²) in [6.45, 7) is 17.1. The van der Waals surface area contributed by atoms with E-state index in [4.69, 9.17) is 10.5 Å². The van der Waals surface area contributed by atoms with Crippen molar-refractivity contribution in [1.29, 1.82) is 0 Å². The first-order valence-corrected chi connectivity index (χ1v) is 7.95. The highest BCUT2D eigenvalue weighted by Crippen LogP contribution is 2.32. The molecule has 0 saturated heterocycles. The summed E-state index contributed by atoms with van der Waals surface area (Å²) in [5.41, 5.74) is 6.11. The SMILES string of the molecule is CCOCCN(CC)CCCC(CCN)C(C)(C)C. The van der Waals surface area contributed by atoms with Gasteiger partial charge in [0.25, 0.3) is 0 Å². The third-order valence-electron chi connectivity index (χ3n) is 3.97. The molecule has 0 bridgehead atoms. The Morgan fingerprint density at radius 1 is 1.11 bits per heavy atom. The van der Waals surface area contributed by atoms with Crippen LogP contribution >= 0.6 is 0 Å². The molecule has 0 spiro atoms. The summed E-state index contributed by atoms with van der Waals surface area (Å²) in [5.74, 6) is 0.739. The van der Waals surface area contributed by atoms with Gasteiger partial charge in [-0.1, -0.05) is 27.7 Å². The van der Waals surface area contributed by atoms with E-state index in [1.54, 1.807) is 0 Å². The molecule has 0 aliphatic heterocycles. The molecule has 0 radical (unpaired) electrons. The van der Waals surface area contributed by atoms with Gasteiger partial charge in [-0.05, 0) is 57.2 Å². The minimum atomic E-state index is 0.377. The van der Waals surface area contributed by atoms with Crippen molar-refractivity contribution in [2.45, 2.75) is 53.9 Å². The van der Waals surface area contributed by atoms with E-state index < -0.39 is 0 Å². The lowest BCUT2D eigenvalue weighted by Crippen LogP contribution is -2.30. The molecular formula is C16H36N2O. The van der Waals surface area contributed by atoms with Crippen LogP contribution in [0.25, 0.3) is 0 Å². The molecule has 0 aromatic heterocycles. The van der Waals surface area contributed by atoms with Crippen molar-refractivity contribution >= 4 is 0 Å². The monoisotopic (exact) mass is 272 g/mol. The minimum absolute atomic E-state index is 0.377. The third kappa shape index (κ3) is 9.42. The maximum Gasteiger partial charge on any atom is 0.0593 e. The smallest absolute Gasteiger partial charge is 0.0593 e. The summed E-state index contributed by atoms with van der Waals surface area (Å²) in [6, 6.07) is 0. The van der Waals surface area contributed by atoms with Crippen molar-refractivity contribution in [2.75, 3.05) is 39.4 Å². The maximum atomic E-state index is 5.74. The first-order chi connectivity index (χ1) is 8.95. The lowest BCUT2D eigenvalue weighted by molar-refractivity contribution is 0.112. The van der Waals surface area contributed by atoms with Crippen molar-refractivity contribution < 1.29 is 4.74 Å². The van der Waals surface area contributed by atoms with Crippen LogP contribution in [-0.4, -0.2) is 44.3 Å². The number of likely N-dealkylation sites (N-methyl/N-ethyl adjacent to an activating group) is 1. The molecule has 2 N–H and O–H groups in total. The van der Waals surface area contributed by atoms with Gasteiger partial charge >= 0.3 is 0 Å². The molecule has 0 saturated carbocycles. The fourth-order valence-electron chi connectivity index (χ4n) is 2.54. The van der Waals surface area contributed by atoms with Crippen molar-refractivity contribution in [1.82, 2.24) is 4.90 Å². The van der Waals surface area contributed by atoms with Gasteiger partial charge in [0, 0.05) is 13.2 Å². The summed E-state index contributed by atoms with van der Waals surface area (Å²) in [6.07, 6.45) is 3.70. The summed E-state index contributed by atoms with van der Waals surface area (Å²) in [7, 11) is 0. The number of hydrogen-bond donors (Lipinski definition) is 1. The summed E-state index contributed by atoms with van der Waals surface area (Å²) in [4.78, 5) is 2.48. The number of nitrogens with two attached hydrogens (primary N) is 1. The molecule has 1 atom stereocenters. The zero-order valence-corrected chi connectivity index (χ0v) is 13.9. The molecule has 0 heterocycles. The highest BCUT2D eigenvalue weighted by Gasteiger charge is 2.23. The topological polar surface area (TPSA) is 38.5 Å². The molecule has 0 aromatic carbocycles. The van der Waals surface area contributed by atoms with E-state index in [9.17, 15) is 0 Å². The lowest BCUT2D eigenvalue weighted by Gasteiger charge is -2.31. The number of nitrogens with zero attached hydrogens (tertiary/aromatic N) is 1. The van der Waals surface area contributed by atoms with Crippen molar-refractivity contribution in [3.05, 3.63) is 0 Å². The molecule has 0 aliphatic carbocycles. The second-order valence-electron chi connectivity index (χ2n) is 6.41. The molecule has 0 aliphatic rings. The highest BCUT2D eigenvalue weighted by atomic mass is 16.5. The largest absolute Gasteiger partial charge is 0.380 e. The van der Waals surface area contributed by atoms with Crippen LogP contribution in [0.4, 0.5) is 0 Å². The van der Waals surface area contributed by atoms with Crippen molar-refractivity contribution in [3.8, 4) is 0 Å². The predicted octanol–water partition coefficient (Wildman–Crippen LogP) is 3.14. The quantitative estimate of drug-likeness (QED) is 0.587. The lowest BCUT2D eigenvalue weighted by atomic mass is 9.76. The van der Waals surface area contributed by atoms with Crippen LogP contribution in [0.1, 0.15) is 53.9 Å². The summed E-state index contributed by atoms with van der Waals surface area (Å²) < 4.78 is 5.43. The standard InChI is InChI=1S/C16H36N2O/c1-6-18(13-14-19-7-2)12-8-9-15(10-11-17)16(3,4)5/h15H,6-14,17H2,1-5H3. The van der Waals surface area contributed by atoms with E-state index in [0.717, 1.165) is 45.2 Å². The fourth-order valence-corrected chi connectivity index (χ4v) is 2.54. The summed E-state index contributed by atoms with van der Waals surface area (Å²) >= 11 is 0. The fraction of sp³-hybridized carbons (Fsp3) is 1.00. The second kappa shape index (κ2) is 10.6. The Hall–Kier alpha value is -0.120. The second-order valence-corrected chi connectivity index (χ2v) is 6.41. The van der Waals surface area contributed by atoms with Gasteiger partial charge in [-0.2, -0.15) is 0 Å². The van der Waals surface area contributed by atoms with Gasteiger partial charge < -0.3 is 15.4 Å². The first-order valence-electron chi connectivity index (χ1n) is 7.95. The molecule has 3 nitrogen and oxygen atoms in total. The molecular weight excluding hydrogens is 236 g/mol. The minimum Gasteiger partial charge on any atom is -0.380 e. The van der Waals surface area contributed by atoms with Crippen LogP contribution in [0.3, 0.4) is 0 Å². The third-order valence-corrected chi connectivity index (χ3v) is 3.97. The molecule has 3 heteroatoms. The van der Waals surface area contributed by atoms with Gasteiger partial charge in [-0.15, -0.1) is 0 Å². The molecule has 0 fully saturated rings. The van der Waals surface area contributed by atoms with Crippen LogP contribution in [-0.2, 0) is 4.74 Å². The molecule has 0 rings (SSSR count). The van der Waals surface area contributed by atoms with E-state index in [0.29, 0.717) is 5.41 Å². The van der Waals surface area contributed by atoms with E-state index >= 15 is 0 Å². The van der Waals surface area contributed by atoms with Gasteiger partial charge in [-0.3, -0.25) is 0 Å². The summed E-state index contributed by atoms with van der Waals surface area (Å²) in [5, 5.41) is 0. The van der Waals surface area contributed by atoms with E-state index in [-0.39, 0.29) is 0 Å². The normalized spacial score (nSPS) is 14.1. The zero-order chi connectivity index (χ0) is 14.7. The van der Waals surface area contributed by atoms with Gasteiger partial charge in [0.1, 0.15) is 0 Å². The van der Waals surface area contributed by atoms with Crippen LogP contribution in [0.15, 0.2) is 0 Å². The van der Waals surface area contributed by atoms with E-state index in [1.165, 1.54) is 19.4 Å². The van der Waals surface area contributed by atoms with Crippen LogP contribution in [0, 0.1) is 11.3 Å².